The van der Waals surface area contributed by atoms with Crippen LogP contribution in [-0.2, 0) is 27.1 Å². The van der Waals surface area contributed by atoms with E-state index in [1.54, 1.807) is 0 Å². The molecular weight excluding hydrogens is 420 g/mol. The maximum Gasteiger partial charge on any atom is 0.0920 e. The van der Waals surface area contributed by atoms with Crippen LogP contribution in [-0.4, -0.2) is 35.6 Å². The van der Waals surface area contributed by atoms with E-state index in [9.17, 15) is 0 Å². The average molecular weight is 463 g/mol. The molecule has 0 N–H and O–H groups in total. The van der Waals surface area contributed by atoms with Crippen molar-refractivity contribution >= 4 is 0 Å². The van der Waals surface area contributed by atoms with Gasteiger partial charge >= 0.3 is 0 Å². The number of benzene rings is 2. The van der Waals surface area contributed by atoms with Crippen molar-refractivity contribution in [2.24, 2.45) is 11.8 Å². The summed E-state index contributed by atoms with van der Waals surface area (Å²) in [4.78, 5) is 0. The van der Waals surface area contributed by atoms with Crippen LogP contribution >= 0.6 is 0 Å². The minimum absolute atomic E-state index is 0.0365. The van der Waals surface area contributed by atoms with Gasteiger partial charge in [0.15, 0.2) is 0 Å². The Morgan fingerprint density at radius 2 is 1.53 bits per heavy atom. The second-order valence-electron chi connectivity index (χ2n) is 12.0. The molecular formula is C31H42O3. The van der Waals surface area contributed by atoms with Crippen molar-refractivity contribution in [1.29, 1.82) is 0 Å². The monoisotopic (exact) mass is 462 g/mol. The molecule has 3 heteroatoms. The molecule has 0 spiro atoms. The van der Waals surface area contributed by atoms with Crippen LogP contribution in [0.3, 0.4) is 0 Å². The highest BCUT2D eigenvalue weighted by Gasteiger charge is 2.58. The third-order valence-electron chi connectivity index (χ3n) is 8.84. The molecule has 2 saturated heterocycles. The van der Waals surface area contributed by atoms with E-state index in [0.29, 0.717) is 24.0 Å². The largest absolute Gasteiger partial charge is 0.375 e. The third kappa shape index (κ3) is 5.58. The molecule has 1 aliphatic carbocycles. The first-order valence-electron chi connectivity index (χ1n) is 13.3. The van der Waals surface area contributed by atoms with Gasteiger partial charge in [0.1, 0.15) is 0 Å². The van der Waals surface area contributed by atoms with Crippen molar-refractivity contribution in [2.45, 2.75) is 102 Å². The standard InChI is InChI=1S/C31H42O3/c1-29(2)27(33-29)16-18-30(3,26-15-17-31(4)28(21-26)34-31)32-22-25(19-23-11-7-5-8-12-23)20-24-13-9-6-10-14-24/h5-14,25-28H,15-22H2,1-4H3. The summed E-state index contributed by atoms with van der Waals surface area (Å²) in [7, 11) is 0. The second-order valence-corrected chi connectivity index (χ2v) is 12.0. The van der Waals surface area contributed by atoms with E-state index in [4.69, 9.17) is 14.2 Å². The molecule has 5 rings (SSSR count). The van der Waals surface area contributed by atoms with E-state index in [-0.39, 0.29) is 16.8 Å². The van der Waals surface area contributed by atoms with E-state index in [1.807, 2.05) is 0 Å². The summed E-state index contributed by atoms with van der Waals surface area (Å²) in [5.41, 5.74) is 2.82. The molecule has 0 aromatic heterocycles. The van der Waals surface area contributed by atoms with Crippen molar-refractivity contribution in [3.8, 4) is 0 Å². The summed E-state index contributed by atoms with van der Waals surface area (Å²) in [6.45, 7) is 9.85. The lowest BCUT2D eigenvalue weighted by molar-refractivity contribution is -0.102. The van der Waals surface area contributed by atoms with Crippen LogP contribution in [0.25, 0.3) is 0 Å². The maximum atomic E-state index is 7.01. The van der Waals surface area contributed by atoms with Crippen molar-refractivity contribution in [1.82, 2.24) is 0 Å². The van der Waals surface area contributed by atoms with Crippen molar-refractivity contribution in [3.05, 3.63) is 71.8 Å². The summed E-state index contributed by atoms with van der Waals surface area (Å²) >= 11 is 0. The van der Waals surface area contributed by atoms with Gasteiger partial charge in [-0.15, -0.1) is 0 Å². The predicted molar refractivity (Wildman–Crippen MR) is 137 cm³/mol. The van der Waals surface area contributed by atoms with Crippen LogP contribution in [0.2, 0.25) is 0 Å². The third-order valence-corrected chi connectivity index (χ3v) is 8.84. The first-order valence-corrected chi connectivity index (χ1v) is 13.3. The zero-order valence-electron chi connectivity index (χ0n) is 21.5. The zero-order valence-corrected chi connectivity index (χ0v) is 21.5. The normalized spacial score (nSPS) is 31.0. The van der Waals surface area contributed by atoms with Crippen molar-refractivity contribution in [3.63, 3.8) is 0 Å². The molecule has 3 nitrogen and oxygen atoms in total. The van der Waals surface area contributed by atoms with Gasteiger partial charge in [0.2, 0.25) is 0 Å². The van der Waals surface area contributed by atoms with E-state index >= 15 is 0 Å². The Labute approximate surface area is 206 Å². The number of hydrogen-bond donors (Lipinski definition) is 0. The first-order chi connectivity index (χ1) is 16.3. The molecule has 2 aromatic carbocycles. The Balaban J connectivity index is 1.29. The van der Waals surface area contributed by atoms with Gasteiger partial charge in [-0.3, -0.25) is 0 Å². The molecule has 3 aliphatic rings. The van der Waals surface area contributed by atoms with Gasteiger partial charge in [-0.2, -0.15) is 0 Å². The number of ether oxygens (including phenoxy) is 3. The van der Waals surface area contributed by atoms with Gasteiger partial charge in [-0.1, -0.05) is 60.7 Å². The molecule has 34 heavy (non-hydrogen) atoms. The van der Waals surface area contributed by atoms with Gasteiger partial charge in [-0.05, 0) is 95.6 Å². The Kier molecular flexibility index (Phi) is 6.65. The lowest BCUT2D eigenvalue weighted by Crippen LogP contribution is -2.43. The van der Waals surface area contributed by atoms with Crippen LogP contribution in [0.4, 0.5) is 0 Å². The highest BCUT2D eigenvalue weighted by atomic mass is 16.6. The molecule has 2 aliphatic heterocycles. The minimum atomic E-state index is -0.138. The summed E-state index contributed by atoms with van der Waals surface area (Å²) in [6.07, 6.45) is 8.48. The highest BCUT2D eigenvalue weighted by molar-refractivity contribution is 5.19. The van der Waals surface area contributed by atoms with Crippen LogP contribution in [0.1, 0.15) is 70.9 Å². The van der Waals surface area contributed by atoms with Gasteiger partial charge in [-0.25, -0.2) is 0 Å². The molecule has 0 radical (unpaired) electrons. The predicted octanol–water partition coefficient (Wildman–Crippen LogP) is 6.78. The molecule has 0 amide bonds. The van der Waals surface area contributed by atoms with E-state index < -0.39 is 0 Å². The Hall–Kier alpha value is -1.68. The molecule has 3 fully saturated rings. The summed E-state index contributed by atoms with van der Waals surface area (Å²) < 4.78 is 19.0. The Morgan fingerprint density at radius 1 is 0.941 bits per heavy atom. The van der Waals surface area contributed by atoms with Gasteiger partial charge in [0.25, 0.3) is 0 Å². The quantitative estimate of drug-likeness (QED) is 0.345. The minimum Gasteiger partial charge on any atom is -0.375 e. The average Bonchev–Trinajstić information content (AvgIpc) is 3.69. The van der Waals surface area contributed by atoms with E-state index in [2.05, 4.69) is 88.4 Å². The number of epoxide rings is 2. The summed E-state index contributed by atoms with van der Waals surface area (Å²) in [6, 6.07) is 21.8. The van der Waals surface area contributed by atoms with Gasteiger partial charge < -0.3 is 14.2 Å². The van der Waals surface area contributed by atoms with Crippen molar-refractivity contribution < 1.29 is 14.2 Å². The summed E-state index contributed by atoms with van der Waals surface area (Å²) in [5, 5.41) is 0. The number of hydrogen-bond acceptors (Lipinski definition) is 3. The lowest BCUT2D eigenvalue weighted by Gasteiger charge is -2.41. The molecule has 2 aromatic rings. The van der Waals surface area contributed by atoms with E-state index in [0.717, 1.165) is 45.1 Å². The molecule has 2 heterocycles. The van der Waals surface area contributed by atoms with Crippen molar-refractivity contribution in [2.75, 3.05) is 6.61 Å². The maximum absolute atomic E-state index is 7.01. The second kappa shape index (κ2) is 9.41. The zero-order chi connectivity index (χ0) is 23.8. The number of rotatable bonds is 11. The lowest BCUT2D eigenvalue weighted by atomic mass is 9.72. The van der Waals surface area contributed by atoms with Gasteiger partial charge in [0, 0.05) is 0 Å². The number of fused-ring (bicyclic) bond motifs is 1. The molecule has 5 unspecified atom stereocenters. The summed E-state index contributed by atoms with van der Waals surface area (Å²) in [5.74, 6) is 0.993. The molecule has 184 valence electrons. The Bertz CT molecular complexity index is 900. The fourth-order valence-corrected chi connectivity index (χ4v) is 6.14. The van der Waals surface area contributed by atoms with Crippen LogP contribution in [0.15, 0.2) is 60.7 Å². The fraction of sp³-hybridized carbons (Fsp3) is 0.613. The van der Waals surface area contributed by atoms with Crippen LogP contribution in [0, 0.1) is 11.8 Å². The van der Waals surface area contributed by atoms with Crippen LogP contribution in [0.5, 0.6) is 0 Å². The topological polar surface area (TPSA) is 34.3 Å². The first kappa shape index (κ1) is 24.0. The SMILES string of the molecule is CC1(C)OC1CCC(C)(OCC(Cc1ccccc1)Cc1ccccc1)C1CCC2(C)OC2C1. The fourth-order valence-electron chi connectivity index (χ4n) is 6.14. The smallest absolute Gasteiger partial charge is 0.0920 e. The molecule has 0 bridgehead atoms. The van der Waals surface area contributed by atoms with Crippen LogP contribution < -0.4 is 0 Å². The highest BCUT2D eigenvalue weighted by Crippen LogP contribution is 2.53. The molecule has 5 atom stereocenters. The van der Waals surface area contributed by atoms with E-state index in [1.165, 1.54) is 17.5 Å². The Morgan fingerprint density at radius 3 is 2.06 bits per heavy atom. The molecule has 1 saturated carbocycles. The van der Waals surface area contributed by atoms with Gasteiger partial charge in [0.05, 0.1) is 35.6 Å².